The zero-order valence-electron chi connectivity index (χ0n) is 12.8. The molecule has 5 nitrogen and oxygen atoms in total. The Labute approximate surface area is 125 Å². The van der Waals surface area contributed by atoms with Crippen LogP contribution < -0.4 is 5.32 Å². The Morgan fingerprint density at radius 2 is 2.24 bits per heavy atom. The summed E-state index contributed by atoms with van der Waals surface area (Å²) in [5.74, 6) is 0.935. The second-order valence-electron chi connectivity index (χ2n) is 5.76. The molecule has 2 unspecified atom stereocenters. The van der Waals surface area contributed by atoms with Crippen LogP contribution in [0.3, 0.4) is 0 Å². The van der Waals surface area contributed by atoms with Crippen molar-refractivity contribution in [3.05, 3.63) is 41.2 Å². The first kappa shape index (κ1) is 14.2. The monoisotopic (exact) mass is 285 g/mol. The van der Waals surface area contributed by atoms with Gasteiger partial charge in [0.1, 0.15) is 0 Å². The standard InChI is InChI=1S/C16H23N5/c1-3-11-17-12(2)16-18-19-20-21(16)15-10-6-8-13-7-4-5-9-14(13)15/h4-5,7,9,12,15,17H,3,6,8,10-11H2,1-2H3. The molecule has 0 radical (unpaired) electrons. The lowest BCUT2D eigenvalue weighted by molar-refractivity contribution is 0.405. The molecule has 0 spiro atoms. The van der Waals surface area contributed by atoms with Gasteiger partial charge in [-0.25, -0.2) is 4.68 Å². The molecule has 0 saturated carbocycles. The minimum absolute atomic E-state index is 0.175. The molecule has 2 aromatic rings. The molecular formula is C16H23N5. The van der Waals surface area contributed by atoms with Gasteiger partial charge in [0.15, 0.2) is 5.82 Å². The maximum atomic E-state index is 4.28. The van der Waals surface area contributed by atoms with Crippen molar-refractivity contribution in [2.45, 2.75) is 51.6 Å². The highest BCUT2D eigenvalue weighted by atomic mass is 15.6. The zero-order valence-corrected chi connectivity index (χ0v) is 12.8. The molecule has 3 rings (SSSR count). The summed E-state index contributed by atoms with van der Waals surface area (Å²) in [6.07, 6.45) is 4.57. The molecule has 0 amide bonds. The molecule has 0 fully saturated rings. The fourth-order valence-electron chi connectivity index (χ4n) is 3.14. The van der Waals surface area contributed by atoms with Gasteiger partial charge in [0.25, 0.3) is 0 Å². The number of nitrogens with zero attached hydrogens (tertiary/aromatic N) is 4. The van der Waals surface area contributed by atoms with Crippen LogP contribution in [0.4, 0.5) is 0 Å². The maximum absolute atomic E-state index is 4.28. The minimum Gasteiger partial charge on any atom is -0.307 e. The normalized spacial score (nSPS) is 19.2. The maximum Gasteiger partial charge on any atom is 0.168 e. The van der Waals surface area contributed by atoms with Gasteiger partial charge in [0.05, 0.1) is 12.1 Å². The number of nitrogens with one attached hydrogen (secondary N) is 1. The summed E-state index contributed by atoms with van der Waals surface area (Å²) >= 11 is 0. The molecule has 0 aliphatic heterocycles. The SMILES string of the molecule is CCCNC(C)c1nnnn1C1CCCc2ccccc21. The Hall–Kier alpha value is -1.75. The summed E-state index contributed by atoms with van der Waals surface area (Å²) in [4.78, 5) is 0. The van der Waals surface area contributed by atoms with Crippen molar-refractivity contribution in [3.63, 3.8) is 0 Å². The number of rotatable bonds is 5. The van der Waals surface area contributed by atoms with Crippen molar-refractivity contribution < 1.29 is 0 Å². The van der Waals surface area contributed by atoms with E-state index in [-0.39, 0.29) is 12.1 Å². The molecule has 1 N–H and O–H groups in total. The van der Waals surface area contributed by atoms with Gasteiger partial charge in [-0.2, -0.15) is 0 Å². The second-order valence-corrected chi connectivity index (χ2v) is 5.76. The third kappa shape index (κ3) is 2.83. The van der Waals surface area contributed by atoms with Crippen LogP contribution in [0.1, 0.15) is 62.1 Å². The lowest BCUT2D eigenvalue weighted by Gasteiger charge is -2.27. The van der Waals surface area contributed by atoms with Crippen molar-refractivity contribution in [3.8, 4) is 0 Å². The lowest BCUT2D eigenvalue weighted by atomic mass is 9.88. The first-order chi connectivity index (χ1) is 10.3. The lowest BCUT2D eigenvalue weighted by Crippen LogP contribution is -2.26. The summed E-state index contributed by atoms with van der Waals surface area (Å²) in [6, 6.07) is 9.12. The topological polar surface area (TPSA) is 55.6 Å². The minimum atomic E-state index is 0.175. The number of hydrogen-bond acceptors (Lipinski definition) is 4. The Morgan fingerprint density at radius 1 is 1.38 bits per heavy atom. The number of hydrogen-bond donors (Lipinski definition) is 1. The van der Waals surface area contributed by atoms with Gasteiger partial charge in [0.2, 0.25) is 0 Å². The van der Waals surface area contributed by atoms with E-state index in [9.17, 15) is 0 Å². The van der Waals surface area contributed by atoms with E-state index in [2.05, 4.69) is 59.0 Å². The van der Waals surface area contributed by atoms with Gasteiger partial charge in [0, 0.05) is 0 Å². The van der Waals surface area contributed by atoms with E-state index in [1.54, 1.807) is 0 Å². The number of aryl methyl sites for hydroxylation is 1. The molecule has 1 heterocycles. The van der Waals surface area contributed by atoms with Crippen LogP contribution in [-0.4, -0.2) is 26.8 Å². The highest BCUT2D eigenvalue weighted by molar-refractivity contribution is 5.32. The predicted molar refractivity (Wildman–Crippen MR) is 82.0 cm³/mol. The molecule has 2 atom stereocenters. The molecule has 1 aromatic carbocycles. The summed E-state index contributed by atoms with van der Waals surface area (Å²) in [5.41, 5.74) is 2.81. The predicted octanol–water partition coefficient (Wildman–Crippen LogP) is 2.66. The Kier molecular flexibility index (Phi) is 4.29. The smallest absolute Gasteiger partial charge is 0.168 e. The molecule has 1 aliphatic rings. The average Bonchev–Trinajstić information content (AvgIpc) is 3.01. The number of fused-ring (bicyclic) bond motifs is 1. The van der Waals surface area contributed by atoms with Crippen molar-refractivity contribution in [1.82, 2.24) is 25.5 Å². The average molecular weight is 285 g/mol. The van der Waals surface area contributed by atoms with Crippen LogP contribution in [0.15, 0.2) is 24.3 Å². The zero-order chi connectivity index (χ0) is 14.7. The van der Waals surface area contributed by atoms with Gasteiger partial charge in [-0.05, 0) is 60.7 Å². The van der Waals surface area contributed by atoms with Crippen LogP contribution in [0.5, 0.6) is 0 Å². The first-order valence-corrected chi connectivity index (χ1v) is 7.90. The van der Waals surface area contributed by atoms with E-state index in [0.29, 0.717) is 0 Å². The molecule has 112 valence electrons. The quantitative estimate of drug-likeness (QED) is 0.917. The Morgan fingerprint density at radius 3 is 3.10 bits per heavy atom. The van der Waals surface area contributed by atoms with Crippen molar-refractivity contribution in [2.24, 2.45) is 0 Å². The molecule has 1 aromatic heterocycles. The van der Waals surface area contributed by atoms with Crippen LogP contribution in [0.2, 0.25) is 0 Å². The molecule has 21 heavy (non-hydrogen) atoms. The summed E-state index contributed by atoms with van der Waals surface area (Å²) in [5, 5.41) is 15.9. The Bertz CT molecular complexity index is 592. The third-order valence-corrected chi connectivity index (χ3v) is 4.24. The molecule has 0 bridgehead atoms. The van der Waals surface area contributed by atoms with E-state index in [0.717, 1.165) is 31.6 Å². The fourth-order valence-corrected chi connectivity index (χ4v) is 3.14. The van der Waals surface area contributed by atoms with Crippen molar-refractivity contribution in [2.75, 3.05) is 6.54 Å². The first-order valence-electron chi connectivity index (χ1n) is 7.90. The van der Waals surface area contributed by atoms with Crippen LogP contribution in [0.25, 0.3) is 0 Å². The van der Waals surface area contributed by atoms with Crippen molar-refractivity contribution in [1.29, 1.82) is 0 Å². The number of tetrazole rings is 1. The number of aromatic nitrogens is 4. The van der Waals surface area contributed by atoms with Gasteiger partial charge in [-0.1, -0.05) is 31.2 Å². The molecular weight excluding hydrogens is 262 g/mol. The summed E-state index contributed by atoms with van der Waals surface area (Å²) < 4.78 is 2.02. The van der Waals surface area contributed by atoms with Gasteiger partial charge in [-0.3, -0.25) is 0 Å². The molecule has 1 aliphatic carbocycles. The second kappa shape index (κ2) is 6.35. The van der Waals surface area contributed by atoms with Crippen molar-refractivity contribution >= 4 is 0 Å². The van der Waals surface area contributed by atoms with E-state index >= 15 is 0 Å². The van der Waals surface area contributed by atoms with E-state index in [1.165, 1.54) is 17.5 Å². The van der Waals surface area contributed by atoms with E-state index in [1.807, 2.05) is 4.68 Å². The molecule has 0 saturated heterocycles. The molecule has 5 heteroatoms. The fraction of sp³-hybridized carbons (Fsp3) is 0.562. The van der Waals surface area contributed by atoms with E-state index < -0.39 is 0 Å². The van der Waals surface area contributed by atoms with Crippen LogP contribution in [-0.2, 0) is 6.42 Å². The number of benzene rings is 1. The third-order valence-electron chi connectivity index (χ3n) is 4.24. The van der Waals surface area contributed by atoms with Crippen LogP contribution >= 0.6 is 0 Å². The van der Waals surface area contributed by atoms with Gasteiger partial charge < -0.3 is 5.32 Å². The van der Waals surface area contributed by atoms with E-state index in [4.69, 9.17) is 0 Å². The van der Waals surface area contributed by atoms with Gasteiger partial charge in [-0.15, -0.1) is 5.10 Å². The highest BCUT2D eigenvalue weighted by Crippen LogP contribution is 2.33. The summed E-state index contributed by atoms with van der Waals surface area (Å²) in [6.45, 7) is 5.28. The van der Waals surface area contributed by atoms with Gasteiger partial charge >= 0.3 is 0 Å². The van der Waals surface area contributed by atoms with Crippen LogP contribution in [0, 0.1) is 0 Å². The summed E-state index contributed by atoms with van der Waals surface area (Å²) in [7, 11) is 0. The largest absolute Gasteiger partial charge is 0.307 e. The Balaban J connectivity index is 1.90. The highest BCUT2D eigenvalue weighted by Gasteiger charge is 2.26.